The van der Waals surface area contributed by atoms with Crippen LogP contribution < -0.4 is 11.1 Å². The van der Waals surface area contributed by atoms with Gasteiger partial charge in [-0.3, -0.25) is 9.59 Å². The Morgan fingerprint density at radius 3 is 2.54 bits per heavy atom. The molecule has 3 N–H and O–H groups in total. The van der Waals surface area contributed by atoms with E-state index in [0.29, 0.717) is 5.56 Å². The minimum atomic E-state index is -0.889. The first-order valence-electron chi connectivity index (χ1n) is 6.89. The average molecular weight is 422 g/mol. The van der Waals surface area contributed by atoms with Gasteiger partial charge in [-0.15, -0.1) is 22.7 Å². The lowest BCUT2D eigenvalue weighted by atomic mass is 10.1. The molecule has 8 heteroatoms. The lowest BCUT2D eigenvalue weighted by Gasteiger charge is -2.14. The Bertz CT molecular complexity index is 876. The van der Waals surface area contributed by atoms with Gasteiger partial charge < -0.3 is 11.1 Å². The van der Waals surface area contributed by atoms with Crippen molar-refractivity contribution in [3.05, 3.63) is 62.9 Å². The number of rotatable bonds is 5. The van der Waals surface area contributed by atoms with Crippen molar-refractivity contribution in [1.82, 2.24) is 10.3 Å². The molecule has 0 saturated carbocycles. The molecule has 0 aliphatic carbocycles. The number of carbonyl (C=O) groups excluding carboxylic acids is 2. The van der Waals surface area contributed by atoms with Gasteiger partial charge in [0.25, 0.3) is 5.91 Å². The molecule has 122 valence electrons. The highest BCUT2D eigenvalue weighted by Crippen LogP contribution is 2.32. The largest absolute Gasteiger partial charge is 0.368 e. The van der Waals surface area contributed by atoms with Crippen molar-refractivity contribution >= 4 is 50.4 Å². The summed E-state index contributed by atoms with van der Waals surface area (Å²) in [5, 5.41) is 7.02. The SMILES string of the molecule is NC(=O)C(NC(=O)c1csc(-c2cc(Br)cs2)n1)c1ccccc1. The van der Waals surface area contributed by atoms with E-state index < -0.39 is 17.9 Å². The van der Waals surface area contributed by atoms with E-state index in [1.54, 1.807) is 29.6 Å². The van der Waals surface area contributed by atoms with E-state index in [2.05, 4.69) is 26.2 Å². The fraction of sp³-hybridized carbons (Fsp3) is 0.0625. The second-order valence-electron chi connectivity index (χ2n) is 4.89. The maximum atomic E-state index is 12.4. The third-order valence-electron chi connectivity index (χ3n) is 3.21. The van der Waals surface area contributed by atoms with E-state index in [9.17, 15) is 9.59 Å². The number of hydrogen-bond acceptors (Lipinski definition) is 5. The summed E-state index contributed by atoms with van der Waals surface area (Å²) in [5.74, 6) is -1.05. The molecule has 0 bridgehead atoms. The smallest absolute Gasteiger partial charge is 0.271 e. The van der Waals surface area contributed by atoms with Crippen molar-refractivity contribution in [2.75, 3.05) is 0 Å². The molecule has 3 aromatic rings. The molecule has 0 aliphatic rings. The van der Waals surface area contributed by atoms with Crippen molar-refractivity contribution in [2.24, 2.45) is 5.73 Å². The molecule has 0 spiro atoms. The summed E-state index contributed by atoms with van der Waals surface area (Å²) in [6.45, 7) is 0. The summed E-state index contributed by atoms with van der Waals surface area (Å²) in [4.78, 5) is 29.4. The normalized spacial score (nSPS) is 11.9. The average Bonchev–Trinajstić information content (AvgIpc) is 3.21. The van der Waals surface area contributed by atoms with Gasteiger partial charge in [0, 0.05) is 15.2 Å². The van der Waals surface area contributed by atoms with Gasteiger partial charge in [-0.2, -0.15) is 0 Å². The Balaban J connectivity index is 1.79. The molecule has 1 aromatic carbocycles. The van der Waals surface area contributed by atoms with Crippen LogP contribution in [0, 0.1) is 0 Å². The van der Waals surface area contributed by atoms with Crippen LogP contribution in [0.1, 0.15) is 22.1 Å². The molecular formula is C16H12BrN3O2S2. The molecule has 0 radical (unpaired) electrons. The van der Waals surface area contributed by atoms with Gasteiger partial charge in [-0.25, -0.2) is 4.98 Å². The van der Waals surface area contributed by atoms with Crippen LogP contribution in [0.2, 0.25) is 0 Å². The Hall–Kier alpha value is -2.03. The summed E-state index contributed by atoms with van der Waals surface area (Å²) >= 11 is 6.31. The Kier molecular flexibility index (Phi) is 5.08. The van der Waals surface area contributed by atoms with Gasteiger partial charge in [-0.05, 0) is 27.6 Å². The molecular weight excluding hydrogens is 410 g/mol. The first-order valence-corrected chi connectivity index (χ1v) is 9.45. The number of primary amides is 1. The van der Waals surface area contributed by atoms with Crippen LogP contribution >= 0.6 is 38.6 Å². The first-order chi connectivity index (χ1) is 11.5. The molecule has 0 saturated heterocycles. The monoisotopic (exact) mass is 421 g/mol. The number of nitrogens with zero attached hydrogens (tertiary/aromatic N) is 1. The topological polar surface area (TPSA) is 85.1 Å². The fourth-order valence-electron chi connectivity index (χ4n) is 2.09. The van der Waals surface area contributed by atoms with Crippen LogP contribution in [-0.4, -0.2) is 16.8 Å². The Morgan fingerprint density at radius 2 is 1.92 bits per heavy atom. The number of amides is 2. The number of benzene rings is 1. The highest BCUT2D eigenvalue weighted by atomic mass is 79.9. The maximum Gasteiger partial charge on any atom is 0.271 e. The quantitative estimate of drug-likeness (QED) is 0.659. The molecule has 2 heterocycles. The summed E-state index contributed by atoms with van der Waals surface area (Å²) in [7, 11) is 0. The predicted octanol–water partition coefficient (Wildman–Crippen LogP) is 3.59. The van der Waals surface area contributed by atoms with Crippen LogP contribution in [-0.2, 0) is 4.79 Å². The van der Waals surface area contributed by atoms with Gasteiger partial charge in [0.2, 0.25) is 5.91 Å². The van der Waals surface area contributed by atoms with E-state index in [0.717, 1.165) is 14.4 Å². The Morgan fingerprint density at radius 1 is 1.17 bits per heavy atom. The zero-order valence-electron chi connectivity index (χ0n) is 12.2. The lowest BCUT2D eigenvalue weighted by Crippen LogP contribution is -2.37. The van der Waals surface area contributed by atoms with Crippen molar-refractivity contribution in [1.29, 1.82) is 0 Å². The third kappa shape index (κ3) is 3.72. The van der Waals surface area contributed by atoms with Gasteiger partial charge in [0.1, 0.15) is 16.7 Å². The van der Waals surface area contributed by atoms with Gasteiger partial charge in [0.15, 0.2) is 0 Å². The highest BCUT2D eigenvalue weighted by molar-refractivity contribution is 9.10. The number of nitrogens with one attached hydrogen (secondary N) is 1. The van der Waals surface area contributed by atoms with E-state index in [4.69, 9.17) is 5.73 Å². The number of carbonyl (C=O) groups is 2. The molecule has 3 rings (SSSR count). The van der Waals surface area contributed by atoms with Crippen molar-refractivity contribution in [3.63, 3.8) is 0 Å². The fourth-order valence-corrected chi connectivity index (χ4v) is 4.39. The minimum absolute atomic E-state index is 0.265. The molecule has 2 aromatic heterocycles. The minimum Gasteiger partial charge on any atom is -0.368 e. The van der Waals surface area contributed by atoms with Gasteiger partial charge in [0.05, 0.1) is 4.88 Å². The standard InChI is InChI=1S/C16H12BrN3O2S2/c17-10-6-12(23-7-10)16-19-11(8-24-16)15(22)20-13(14(18)21)9-4-2-1-3-5-9/h1-8,13H,(H2,18,21)(H,20,22). The second-order valence-corrected chi connectivity index (χ2v) is 7.57. The first kappa shape index (κ1) is 16.8. The van der Waals surface area contributed by atoms with Crippen LogP contribution in [0.15, 0.2) is 51.6 Å². The van der Waals surface area contributed by atoms with E-state index >= 15 is 0 Å². The zero-order valence-corrected chi connectivity index (χ0v) is 15.5. The van der Waals surface area contributed by atoms with Crippen molar-refractivity contribution < 1.29 is 9.59 Å². The number of aromatic nitrogens is 1. The van der Waals surface area contributed by atoms with Crippen molar-refractivity contribution in [2.45, 2.75) is 6.04 Å². The number of thiazole rings is 1. The molecule has 0 fully saturated rings. The maximum absolute atomic E-state index is 12.4. The van der Waals surface area contributed by atoms with E-state index in [1.807, 2.05) is 17.5 Å². The van der Waals surface area contributed by atoms with Crippen LogP contribution in [0.4, 0.5) is 0 Å². The van der Waals surface area contributed by atoms with Gasteiger partial charge >= 0.3 is 0 Å². The molecule has 2 amide bonds. The summed E-state index contributed by atoms with van der Waals surface area (Å²) < 4.78 is 0.974. The second kappa shape index (κ2) is 7.25. The predicted molar refractivity (Wildman–Crippen MR) is 99.0 cm³/mol. The van der Waals surface area contributed by atoms with E-state index in [1.165, 1.54) is 22.7 Å². The molecule has 0 aliphatic heterocycles. The lowest BCUT2D eigenvalue weighted by molar-refractivity contribution is -0.120. The Labute approximate surface area is 154 Å². The zero-order chi connectivity index (χ0) is 17.1. The van der Waals surface area contributed by atoms with Crippen molar-refractivity contribution in [3.8, 4) is 9.88 Å². The highest BCUT2D eigenvalue weighted by Gasteiger charge is 2.22. The van der Waals surface area contributed by atoms with Crippen LogP contribution in [0.3, 0.4) is 0 Å². The van der Waals surface area contributed by atoms with Gasteiger partial charge in [-0.1, -0.05) is 30.3 Å². The molecule has 5 nitrogen and oxygen atoms in total. The summed E-state index contributed by atoms with van der Waals surface area (Å²) in [5.41, 5.74) is 6.32. The number of thiophene rings is 1. The number of nitrogens with two attached hydrogens (primary N) is 1. The summed E-state index contributed by atoms with van der Waals surface area (Å²) in [6, 6.07) is 9.94. The molecule has 1 atom stereocenters. The van der Waals surface area contributed by atoms with E-state index in [-0.39, 0.29) is 5.69 Å². The number of hydrogen-bond donors (Lipinski definition) is 2. The molecule has 24 heavy (non-hydrogen) atoms. The summed E-state index contributed by atoms with van der Waals surface area (Å²) in [6.07, 6.45) is 0. The molecule has 1 unspecified atom stereocenters. The van der Waals surface area contributed by atoms with Crippen LogP contribution in [0.5, 0.6) is 0 Å². The third-order valence-corrected chi connectivity index (χ3v) is 5.91. The number of halogens is 1. The van der Waals surface area contributed by atoms with Crippen LogP contribution in [0.25, 0.3) is 9.88 Å².